The summed E-state index contributed by atoms with van der Waals surface area (Å²) >= 11 is 0. The lowest BCUT2D eigenvalue weighted by Gasteiger charge is -2.55. The van der Waals surface area contributed by atoms with Gasteiger partial charge in [0.05, 0.1) is 6.10 Å². The van der Waals surface area contributed by atoms with Gasteiger partial charge < -0.3 is 25.4 Å². The molecule has 3 N–H and O–H groups in total. The zero-order valence-corrected chi connectivity index (χ0v) is 19.4. The van der Waals surface area contributed by atoms with Crippen molar-refractivity contribution in [2.45, 2.75) is 77.6 Å². The minimum atomic E-state index is -0.0585. The van der Waals surface area contributed by atoms with E-state index in [0.717, 1.165) is 50.2 Å². The fraction of sp³-hybridized carbons (Fsp3) is 0.667. The highest BCUT2D eigenvalue weighted by atomic mass is 16.5. The lowest BCUT2D eigenvalue weighted by Crippen LogP contribution is -2.65. The summed E-state index contributed by atoms with van der Waals surface area (Å²) < 4.78 is 11.6. The third-order valence-corrected chi connectivity index (χ3v) is 6.67. The molecule has 2 unspecified atom stereocenters. The highest BCUT2D eigenvalue weighted by molar-refractivity contribution is 5.80. The van der Waals surface area contributed by atoms with Crippen LogP contribution in [0.3, 0.4) is 0 Å². The monoisotopic (exact) mass is 430 g/mol. The van der Waals surface area contributed by atoms with E-state index in [2.05, 4.69) is 41.7 Å². The molecular formula is C24H38N4O3. The SMILES string of the molecule is CCOC1CC(NC(=NC)NCc2cccc(OCC(=O)NC3CC3)c2)C1(CC)CC. The predicted molar refractivity (Wildman–Crippen MR) is 123 cm³/mol. The molecule has 1 aromatic rings. The Bertz CT molecular complexity index is 759. The Morgan fingerprint density at radius 2 is 1.97 bits per heavy atom. The van der Waals surface area contributed by atoms with Crippen LogP contribution in [0.5, 0.6) is 5.75 Å². The zero-order chi connectivity index (χ0) is 22.3. The topological polar surface area (TPSA) is 84.0 Å². The van der Waals surface area contributed by atoms with Crippen LogP contribution in [0.2, 0.25) is 0 Å². The minimum Gasteiger partial charge on any atom is -0.484 e. The molecule has 0 aromatic heterocycles. The van der Waals surface area contributed by atoms with Crippen molar-refractivity contribution in [3.63, 3.8) is 0 Å². The van der Waals surface area contributed by atoms with Crippen LogP contribution in [0.25, 0.3) is 0 Å². The molecule has 2 atom stereocenters. The first-order valence-corrected chi connectivity index (χ1v) is 11.6. The van der Waals surface area contributed by atoms with E-state index in [9.17, 15) is 4.79 Å². The van der Waals surface area contributed by atoms with Crippen LogP contribution < -0.4 is 20.7 Å². The van der Waals surface area contributed by atoms with Gasteiger partial charge in [0.2, 0.25) is 0 Å². The maximum atomic E-state index is 11.8. The lowest BCUT2D eigenvalue weighted by atomic mass is 9.58. The number of amides is 1. The Balaban J connectivity index is 1.49. The molecule has 7 nitrogen and oxygen atoms in total. The molecule has 2 aliphatic rings. The summed E-state index contributed by atoms with van der Waals surface area (Å²) in [6.45, 7) is 7.99. The van der Waals surface area contributed by atoms with Crippen LogP contribution >= 0.6 is 0 Å². The van der Waals surface area contributed by atoms with Crippen molar-refractivity contribution in [2.24, 2.45) is 10.4 Å². The van der Waals surface area contributed by atoms with Crippen molar-refractivity contribution in [3.05, 3.63) is 29.8 Å². The van der Waals surface area contributed by atoms with Crippen LogP contribution in [0.1, 0.15) is 58.4 Å². The highest BCUT2D eigenvalue weighted by Gasteiger charge is 2.53. The molecule has 3 rings (SSSR count). The van der Waals surface area contributed by atoms with Gasteiger partial charge in [0.1, 0.15) is 5.75 Å². The molecular weight excluding hydrogens is 392 g/mol. The number of nitrogens with one attached hydrogen (secondary N) is 3. The third-order valence-electron chi connectivity index (χ3n) is 6.67. The highest BCUT2D eigenvalue weighted by Crippen LogP contribution is 2.48. The molecule has 172 valence electrons. The first-order valence-electron chi connectivity index (χ1n) is 11.6. The van der Waals surface area contributed by atoms with E-state index in [-0.39, 0.29) is 17.9 Å². The van der Waals surface area contributed by atoms with Crippen molar-refractivity contribution < 1.29 is 14.3 Å². The molecule has 31 heavy (non-hydrogen) atoms. The molecule has 2 saturated carbocycles. The summed E-state index contributed by atoms with van der Waals surface area (Å²) in [4.78, 5) is 16.2. The van der Waals surface area contributed by atoms with Gasteiger partial charge in [-0.2, -0.15) is 0 Å². The van der Waals surface area contributed by atoms with E-state index in [1.807, 2.05) is 24.3 Å². The molecule has 0 bridgehead atoms. The van der Waals surface area contributed by atoms with Crippen molar-refractivity contribution in [1.29, 1.82) is 0 Å². The number of ether oxygens (including phenoxy) is 2. The molecule has 2 fully saturated rings. The number of carbonyl (C=O) groups is 1. The number of hydrogen-bond acceptors (Lipinski definition) is 4. The Morgan fingerprint density at radius 3 is 2.61 bits per heavy atom. The molecule has 0 radical (unpaired) electrons. The fourth-order valence-electron chi connectivity index (χ4n) is 4.52. The molecule has 0 aliphatic heterocycles. The average molecular weight is 431 g/mol. The van der Waals surface area contributed by atoms with Gasteiger partial charge in [-0.3, -0.25) is 9.79 Å². The summed E-state index contributed by atoms with van der Waals surface area (Å²) in [5.74, 6) is 1.43. The average Bonchev–Trinajstić information content (AvgIpc) is 3.59. The largest absolute Gasteiger partial charge is 0.484 e. The molecule has 0 saturated heterocycles. The van der Waals surface area contributed by atoms with Crippen LogP contribution in [-0.2, 0) is 16.1 Å². The second-order valence-corrected chi connectivity index (χ2v) is 8.52. The number of nitrogens with zero attached hydrogens (tertiary/aromatic N) is 1. The summed E-state index contributed by atoms with van der Waals surface area (Å²) in [6.07, 6.45) is 5.63. The normalized spacial score (nSPS) is 22.4. The van der Waals surface area contributed by atoms with Gasteiger partial charge in [-0.25, -0.2) is 0 Å². The van der Waals surface area contributed by atoms with E-state index < -0.39 is 0 Å². The summed E-state index contributed by atoms with van der Waals surface area (Å²) in [7, 11) is 1.80. The van der Waals surface area contributed by atoms with Crippen molar-refractivity contribution in [1.82, 2.24) is 16.0 Å². The number of carbonyl (C=O) groups excluding carboxylic acids is 1. The summed E-state index contributed by atoms with van der Waals surface area (Å²) in [5, 5.41) is 9.95. The second-order valence-electron chi connectivity index (χ2n) is 8.52. The van der Waals surface area contributed by atoms with Gasteiger partial charge in [-0.1, -0.05) is 26.0 Å². The molecule has 1 amide bonds. The van der Waals surface area contributed by atoms with E-state index >= 15 is 0 Å². The van der Waals surface area contributed by atoms with Gasteiger partial charge in [-0.15, -0.1) is 0 Å². The number of rotatable bonds is 11. The molecule has 0 heterocycles. The minimum absolute atomic E-state index is 0.0510. The van der Waals surface area contributed by atoms with Gasteiger partial charge in [0.15, 0.2) is 12.6 Å². The maximum Gasteiger partial charge on any atom is 0.258 e. The standard InChI is InChI=1S/C24H38N4O3/c1-5-24(6-2)20(14-21(24)30-7-3)28-23(25-4)26-15-17-9-8-10-19(13-17)31-16-22(29)27-18-11-12-18/h8-10,13,18,20-21H,5-7,11-12,14-16H2,1-4H3,(H,27,29)(H2,25,26,28). The van der Waals surface area contributed by atoms with Gasteiger partial charge in [-0.05, 0) is 56.7 Å². The van der Waals surface area contributed by atoms with Crippen molar-refractivity contribution >= 4 is 11.9 Å². The number of guanidine groups is 1. The summed E-state index contributed by atoms with van der Waals surface area (Å²) in [6, 6.07) is 8.52. The molecule has 1 aromatic carbocycles. The Hall–Kier alpha value is -2.28. The van der Waals surface area contributed by atoms with E-state index in [1.165, 1.54) is 0 Å². The lowest BCUT2D eigenvalue weighted by molar-refractivity contribution is -0.133. The van der Waals surface area contributed by atoms with Crippen LogP contribution in [0, 0.1) is 5.41 Å². The quantitative estimate of drug-likeness (QED) is 0.371. The van der Waals surface area contributed by atoms with E-state index in [1.54, 1.807) is 7.05 Å². The second kappa shape index (κ2) is 10.8. The van der Waals surface area contributed by atoms with Crippen molar-refractivity contribution in [3.8, 4) is 5.75 Å². The first-order chi connectivity index (χ1) is 15.0. The summed E-state index contributed by atoms with van der Waals surface area (Å²) in [5.41, 5.74) is 1.23. The van der Waals surface area contributed by atoms with Gasteiger partial charge in [0.25, 0.3) is 5.91 Å². The van der Waals surface area contributed by atoms with Crippen LogP contribution in [0.4, 0.5) is 0 Å². The number of hydrogen-bond donors (Lipinski definition) is 3. The van der Waals surface area contributed by atoms with E-state index in [0.29, 0.717) is 30.5 Å². The number of aliphatic imine (C=N–C) groups is 1. The molecule has 2 aliphatic carbocycles. The Labute approximate surface area is 186 Å². The first kappa shape index (κ1) is 23.4. The zero-order valence-electron chi connectivity index (χ0n) is 19.4. The molecule has 7 heteroatoms. The smallest absolute Gasteiger partial charge is 0.258 e. The van der Waals surface area contributed by atoms with Crippen molar-refractivity contribution in [2.75, 3.05) is 20.3 Å². The van der Waals surface area contributed by atoms with Crippen LogP contribution in [0.15, 0.2) is 29.3 Å². The Kier molecular flexibility index (Phi) is 8.18. The predicted octanol–water partition coefficient (Wildman–Crippen LogP) is 2.99. The fourth-order valence-corrected chi connectivity index (χ4v) is 4.52. The Morgan fingerprint density at radius 1 is 1.19 bits per heavy atom. The van der Waals surface area contributed by atoms with Crippen LogP contribution in [-0.4, -0.2) is 50.3 Å². The maximum absolute atomic E-state index is 11.8. The third kappa shape index (κ3) is 5.91. The molecule has 0 spiro atoms. The van der Waals surface area contributed by atoms with Gasteiger partial charge in [0, 0.05) is 37.7 Å². The van der Waals surface area contributed by atoms with Gasteiger partial charge >= 0.3 is 0 Å². The number of benzene rings is 1. The van der Waals surface area contributed by atoms with E-state index in [4.69, 9.17) is 9.47 Å².